The molecule has 2 rings (SSSR count). The minimum absolute atomic E-state index is 0.0872. The van der Waals surface area contributed by atoms with Crippen molar-refractivity contribution in [3.05, 3.63) is 54.2 Å². The highest BCUT2D eigenvalue weighted by molar-refractivity contribution is 7.92. The molecule has 0 fully saturated rings. The number of nitrogens with one attached hydrogen (secondary N) is 2. The van der Waals surface area contributed by atoms with Gasteiger partial charge in [-0.1, -0.05) is 30.3 Å². The quantitative estimate of drug-likeness (QED) is 0.802. The number of sulfonamides is 1. The van der Waals surface area contributed by atoms with Gasteiger partial charge in [0.2, 0.25) is 10.0 Å². The molecule has 1 heterocycles. The maximum Gasteiger partial charge on any atom is 0.232 e. The molecule has 0 bridgehead atoms. The molecular weight excluding hydrogens is 322 g/mol. The summed E-state index contributed by atoms with van der Waals surface area (Å²) < 4.78 is 26.9. The normalized spacial score (nSPS) is 12.0. The lowest BCUT2D eigenvalue weighted by Gasteiger charge is -2.21. The molecule has 0 spiro atoms. The molecule has 0 saturated carbocycles. The first-order chi connectivity index (χ1) is 11.2. The van der Waals surface area contributed by atoms with Gasteiger partial charge in [0, 0.05) is 5.54 Å². The van der Waals surface area contributed by atoms with E-state index in [0.29, 0.717) is 12.1 Å². The van der Waals surface area contributed by atoms with Crippen molar-refractivity contribution in [2.75, 3.05) is 15.8 Å². The molecule has 0 saturated heterocycles. The van der Waals surface area contributed by atoms with Crippen LogP contribution in [0.4, 0.5) is 11.5 Å². The molecule has 0 radical (unpaired) electrons. The summed E-state index contributed by atoms with van der Waals surface area (Å²) in [7, 11) is -3.36. The number of aryl methyl sites for hydroxylation is 1. The van der Waals surface area contributed by atoms with Gasteiger partial charge < -0.3 is 5.32 Å². The molecule has 6 heteroatoms. The van der Waals surface area contributed by atoms with Gasteiger partial charge in [0.15, 0.2) is 0 Å². The van der Waals surface area contributed by atoms with E-state index in [9.17, 15) is 8.42 Å². The van der Waals surface area contributed by atoms with Gasteiger partial charge in [0.05, 0.1) is 17.6 Å². The van der Waals surface area contributed by atoms with Crippen LogP contribution in [0.2, 0.25) is 0 Å². The largest absolute Gasteiger partial charge is 0.365 e. The number of hydrogen-bond donors (Lipinski definition) is 2. The Balaban J connectivity index is 1.87. The first-order valence-corrected chi connectivity index (χ1v) is 9.67. The molecule has 2 aromatic rings. The van der Waals surface area contributed by atoms with Gasteiger partial charge in [-0.05, 0) is 51.3 Å². The van der Waals surface area contributed by atoms with E-state index in [1.54, 1.807) is 12.1 Å². The molecule has 0 amide bonds. The molecule has 5 nitrogen and oxygen atoms in total. The molecule has 24 heavy (non-hydrogen) atoms. The molecule has 1 aromatic carbocycles. The van der Waals surface area contributed by atoms with Crippen molar-refractivity contribution in [1.29, 1.82) is 0 Å². The van der Waals surface area contributed by atoms with Crippen LogP contribution in [0.5, 0.6) is 0 Å². The second-order valence-corrected chi connectivity index (χ2v) is 8.66. The van der Waals surface area contributed by atoms with Crippen LogP contribution in [0.1, 0.15) is 32.8 Å². The van der Waals surface area contributed by atoms with E-state index in [-0.39, 0.29) is 11.3 Å². The Hall–Kier alpha value is -2.08. The first-order valence-electron chi connectivity index (χ1n) is 8.02. The molecule has 1 aromatic heterocycles. The zero-order valence-corrected chi connectivity index (χ0v) is 15.2. The average Bonchev–Trinajstić information content (AvgIpc) is 2.48. The maximum atomic E-state index is 12.1. The maximum absolute atomic E-state index is 12.1. The second-order valence-electron chi connectivity index (χ2n) is 6.82. The summed E-state index contributed by atoms with van der Waals surface area (Å²) in [4.78, 5) is 4.24. The number of aromatic nitrogens is 1. The van der Waals surface area contributed by atoms with Crippen molar-refractivity contribution in [2.24, 2.45) is 0 Å². The van der Waals surface area contributed by atoms with Crippen LogP contribution >= 0.6 is 0 Å². The van der Waals surface area contributed by atoms with E-state index in [4.69, 9.17) is 0 Å². The summed E-state index contributed by atoms with van der Waals surface area (Å²) >= 11 is 0. The Morgan fingerprint density at radius 2 is 1.75 bits per heavy atom. The summed E-state index contributed by atoms with van der Waals surface area (Å²) in [5.41, 5.74) is 1.53. The van der Waals surface area contributed by atoms with Crippen molar-refractivity contribution in [1.82, 2.24) is 4.98 Å². The summed E-state index contributed by atoms with van der Waals surface area (Å²) in [5.74, 6) is 0.804. The van der Waals surface area contributed by atoms with Crippen molar-refractivity contribution in [3.63, 3.8) is 0 Å². The van der Waals surface area contributed by atoms with Crippen molar-refractivity contribution in [3.8, 4) is 0 Å². The first kappa shape index (κ1) is 18.3. The Morgan fingerprint density at radius 1 is 1.04 bits per heavy atom. The number of anilines is 2. The lowest BCUT2D eigenvalue weighted by molar-refractivity contribution is 0.598. The zero-order valence-electron chi connectivity index (χ0n) is 14.4. The van der Waals surface area contributed by atoms with E-state index in [1.807, 2.05) is 51.1 Å². The Morgan fingerprint density at radius 3 is 2.33 bits per heavy atom. The molecular formula is C18H25N3O2S. The minimum Gasteiger partial charge on any atom is -0.365 e. The third-order valence-electron chi connectivity index (χ3n) is 3.26. The number of nitrogens with zero attached hydrogens (tertiary/aromatic N) is 1. The predicted octanol–water partition coefficient (Wildman–Crippen LogP) is 3.67. The molecule has 0 unspecified atom stereocenters. The lowest BCUT2D eigenvalue weighted by Crippen LogP contribution is -2.26. The number of pyridine rings is 1. The van der Waals surface area contributed by atoms with Gasteiger partial charge in [0.25, 0.3) is 0 Å². The van der Waals surface area contributed by atoms with Crippen LogP contribution in [-0.2, 0) is 16.4 Å². The van der Waals surface area contributed by atoms with E-state index in [1.165, 1.54) is 6.20 Å². The van der Waals surface area contributed by atoms with Gasteiger partial charge >= 0.3 is 0 Å². The second kappa shape index (κ2) is 7.66. The third-order valence-corrected chi connectivity index (χ3v) is 4.63. The molecule has 2 N–H and O–H groups in total. The molecule has 0 aliphatic carbocycles. The summed E-state index contributed by atoms with van der Waals surface area (Å²) in [6.45, 7) is 6.12. The van der Waals surface area contributed by atoms with Crippen molar-refractivity contribution >= 4 is 21.5 Å². The fourth-order valence-electron chi connectivity index (χ4n) is 2.25. The van der Waals surface area contributed by atoms with Crippen LogP contribution in [0.25, 0.3) is 0 Å². The average molecular weight is 347 g/mol. The van der Waals surface area contributed by atoms with Crippen LogP contribution in [0.3, 0.4) is 0 Å². The van der Waals surface area contributed by atoms with E-state index >= 15 is 0 Å². The highest BCUT2D eigenvalue weighted by atomic mass is 32.2. The Labute approximate surface area is 144 Å². The van der Waals surface area contributed by atoms with E-state index in [2.05, 4.69) is 15.0 Å². The zero-order chi connectivity index (χ0) is 17.6. The van der Waals surface area contributed by atoms with Crippen LogP contribution < -0.4 is 10.0 Å². The topological polar surface area (TPSA) is 71.1 Å². The lowest BCUT2D eigenvalue weighted by atomic mass is 10.1. The standard InChI is InChI=1S/C18H25N3O2S/c1-18(2,3)20-17-12-11-16(14-19-17)21-24(22,23)13-7-10-15-8-5-4-6-9-15/h4-6,8-9,11-12,14,21H,7,10,13H2,1-3H3,(H,19,20). The highest BCUT2D eigenvalue weighted by Gasteiger charge is 2.12. The number of hydrogen-bond acceptors (Lipinski definition) is 4. The van der Waals surface area contributed by atoms with Crippen molar-refractivity contribution < 1.29 is 8.42 Å². The van der Waals surface area contributed by atoms with Crippen LogP contribution in [0.15, 0.2) is 48.7 Å². The SMILES string of the molecule is CC(C)(C)Nc1ccc(NS(=O)(=O)CCCc2ccccc2)cn1. The van der Waals surface area contributed by atoms with E-state index in [0.717, 1.165) is 17.8 Å². The van der Waals surface area contributed by atoms with Gasteiger partial charge in [0.1, 0.15) is 5.82 Å². The molecule has 130 valence electrons. The molecule has 0 atom stereocenters. The van der Waals surface area contributed by atoms with Gasteiger partial charge in [-0.25, -0.2) is 13.4 Å². The van der Waals surface area contributed by atoms with Crippen molar-refractivity contribution in [2.45, 2.75) is 39.2 Å². The summed E-state index contributed by atoms with van der Waals surface area (Å²) in [5, 5.41) is 3.24. The Kier molecular flexibility index (Phi) is 5.83. The molecule has 0 aliphatic heterocycles. The number of rotatable bonds is 7. The fraction of sp³-hybridized carbons (Fsp3) is 0.389. The van der Waals surface area contributed by atoms with Gasteiger partial charge in [-0.15, -0.1) is 0 Å². The third kappa shape index (κ3) is 6.58. The monoisotopic (exact) mass is 347 g/mol. The van der Waals surface area contributed by atoms with Gasteiger partial charge in [-0.2, -0.15) is 0 Å². The predicted molar refractivity (Wildman–Crippen MR) is 99.8 cm³/mol. The van der Waals surface area contributed by atoms with Crippen LogP contribution in [0, 0.1) is 0 Å². The van der Waals surface area contributed by atoms with Gasteiger partial charge in [-0.3, -0.25) is 4.72 Å². The van der Waals surface area contributed by atoms with Crippen LogP contribution in [-0.4, -0.2) is 24.7 Å². The minimum atomic E-state index is -3.36. The Bertz CT molecular complexity index is 736. The molecule has 0 aliphatic rings. The summed E-state index contributed by atoms with van der Waals surface area (Å²) in [6.07, 6.45) is 2.85. The van der Waals surface area contributed by atoms with E-state index < -0.39 is 10.0 Å². The highest BCUT2D eigenvalue weighted by Crippen LogP contribution is 2.15. The summed E-state index contributed by atoms with van der Waals surface area (Å²) in [6, 6.07) is 13.4. The smallest absolute Gasteiger partial charge is 0.232 e. The fourth-order valence-corrected chi connectivity index (χ4v) is 3.36. The number of benzene rings is 1.